The van der Waals surface area contributed by atoms with E-state index < -0.39 is 11.7 Å². The third kappa shape index (κ3) is 1.72. The predicted molar refractivity (Wildman–Crippen MR) is 48.9 cm³/mol. The van der Waals surface area contributed by atoms with Gasteiger partial charge in [-0.25, -0.2) is 4.39 Å². The van der Waals surface area contributed by atoms with Crippen molar-refractivity contribution in [1.29, 1.82) is 0 Å². The number of halogens is 1. The summed E-state index contributed by atoms with van der Waals surface area (Å²) in [5.74, 6) is -1.08. The summed E-state index contributed by atoms with van der Waals surface area (Å²) in [6, 6.07) is 2.36. The number of hydrogen-bond acceptors (Lipinski definition) is 2. The first-order valence-electron chi connectivity index (χ1n) is 3.63. The van der Waals surface area contributed by atoms with Crippen molar-refractivity contribution in [2.75, 3.05) is 0 Å². The number of carbonyl (C=O) groups is 1. The van der Waals surface area contributed by atoms with E-state index in [9.17, 15) is 9.18 Å². The molecule has 3 nitrogen and oxygen atoms in total. The van der Waals surface area contributed by atoms with Crippen LogP contribution in [0.1, 0.15) is 15.9 Å². The largest absolute Gasteiger partial charge is 0.366 e. The smallest absolute Gasteiger partial charge is 0.251 e. The molecule has 0 aliphatic heterocycles. The average molecular weight is 180 g/mol. The minimum absolute atomic E-state index is 0.185. The van der Waals surface area contributed by atoms with Crippen molar-refractivity contribution in [2.24, 2.45) is 10.7 Å². The van der Waals surface area contributed by atoms with Gasteiger partial charge in [-0.15, -0.1) is 0 Å². The van der Waals surface area contributed by atoms with Crippen LogP contribution in [0.2, 0.25) is 0 Å². The van der Waals surface area contributed by atoms with E-state index in [1.165, 1.54) is 6.07 Å². The SMILES string of the molecule is C=Nc1cc(F)cc(C)c1C(N)=O. The zero-order valence-corrected chi connectivity index (χ0v) is 7.17. The highest BCUT2D eigenvalue weighted by atomic mass is 19.1. The van der Waals surface area contributed by atoms with Crippen molar-refractivity contribution in [3.8, 4) is 0 Å². The van der Waals surface area contributed by atoms with Gasteiger partial charge in [0.2, 0.25) is 0 Å². The zero-order chi connectivity index (χ0) is 10.0. The van der Waals surface area contributed by atoms with Crippen LogP contribution in [0.5, 0.6) is 0 Å². The van der Waals surface area contributed by atoms with Crippen LogP contribution in [0.3, 0.4) is 0 Å². The number of nitrogens with two attached hydrogens (primary N) is 1. The van der Waals surface area contributed by atoms with Crippen LogP contribution in [0.15, 0.2) is 17.1 Å². The number of aliphatic imine (C=N–C) groups is 1. The summed E-state index contributed by atoms with van der Waals surface area (Å²) >= 11 is 0. The minimum atomic E-state index is -0.625. The van der Waals surface area contributed by atoms with Crippen LogP contribution in [-0.4, -0.2) is 12.6 Å². The minimum Gasteiger partial charge on any atom is -0.366 e. The van der Waals surface area contributed by atoms with Crippen molar-refractivity contribution in [2.45, 2.75) is 6.92 Å². The van der Waals surface area contributed by atoms with E-state index in [0.717, 1.165) is 6.07 Å². The Bertz CT molecular complexity index is 374. The second-order valence-electron chi connectivity index (χ2n) is 2.64. The summed E-state index contributed by atoms with van der Waals surface area (Å²) in [7, 11) is 0. The van der Waals surface area contributed by atoms with Gasteiger partial charge in [-0.05, 0) is 25.3 Å². The van der Waals surface area contributed by atoms with Crippen LogP contribution in [-0.2, 0) is 0 Å². The van der Waals surface area contributed by atoms with E-state index in [0.29, 0.717) is 5.56 Å². The molecule has 68 valence electrons. The Labute approximate surface area is 75.1 Å². The van der Waals surface area contributed by atoms with Crippen molar-refractivity contribution >= 4 is 18.3 Å². The quantitative estimate of drug-likeness (QED) is 0.690. The Morgan fingerprint density at radius 1 is 1.62 bits per heavy atom. The topological polar surface area (TPSA) is 55.4 Å². The van der Waals surface area contributed by atoms with E-state index in [4.69, 9.17) is 5.73 Å². The Morgan fingerprint density at radius 3 is 2.69 bits per heavy atom. The summed E-state index contributed by atoms with van der Waals surface area (Å²) in [4.78, 5) is 14.4. The van der Waals surface area contributed by atoms with E-state index in [2.05, 4.69) is 11.7 Å². The van der Waals surface area contributed by atoms with Crippen molar-refractivity contribution in [1.82, 2.24) is 0 Å². The van der Waals surface area contributed by atoms with Gasteiger partial charge in [0.05, 0.1) is 11.3 Å². The molecule has 1 aromatic carbocycles. The lowest BCUT2D eigenvalue weighted by Crippen LogP contribution is -2.13. The summed E-state index contributed by atoms with van der Waals surface area (Å²) in [5, 5.41) is 0. The average Bonchev–Trinajstić information content (AvgIpc) is 2.01. The molecule has 0 saturated carbocycles. The molecule has 13 heavy (non-hydrogen) atoms. The molecule has 0 bridgehead atoms. The molecule has 0 unspecified atom stereocenters. The number of hydrogen-bond donors (Lipinski definition) is 1. The van der Waals surface area contributed by atoms with E-state index in [-0.39, 0.29) is 11.3 Å². The number of primary amides is 1. The van der Waals surface area contributed by atoms with Crippen molar-refractivity contribution in [3.05, 3.63) is 29.1 Å². The fourth-order valence-electron chi connectivity index (χ4n) is 1.17. The van der Waals surface area contributed by atoms with Gasteiger partial charge in [-0.1, -0.05) is 0 Å². The Kier molecular flexibility index (Phi) is 2.41. The van der Waals surface area contributed by atoms with Crippen molar-refractivity contribution in [3.63, 3.8) is 0 Å². The van der Waals surface area contributed by atoms with Gasteiger partial charge in [0, 0.05) is 6.07 Å². The van der Waals surface area contributed by atoms with Crippen LogP contribution in [0.4, 0.5) is 10.1 Å². The van der Waals surface area contributed by atoms with E-state index >= 15 is 0 Å². The monoisotopic (exact) mass is 180 g/mol. The van der Waals surface area contributed by atoms with E-state index in [1.807, 2.05) is 0 Å². The summed E-state index contributed by atoms with van der Waals surface area (Å²) in [5.41, 5.74) is 5.96. The number of amides is 1. The fourth-order valence-corrected chi connectivity index (χ4v) is 1.17. The molecule has 0 saturated heterocycles. The third-order valence-electron chi connectivity index (χ3n) is 1.70. The molecule has 0 spiro atoms. The first kappa shape index (κ1) is 9.38. The highest BCUT2D eigenvalue weighted by Crippen LogP contribution is 2.23. The summed E-state index contributed by atoms with van der Waals surface area (Å²) in [6.45, 7) is 4.83. The van der Waals surface area contributed by atoms with Crippen LogP contribution >= 0.6 is 0 Å². The Hall–Kier alpha value is -1.71. The number of benzene rings is 1. The molecule has 0 heterocycles. The van der Waals surface area contributed by atoms with Gasteiger partial charge < -0.3 is 5.73 Å². The van der Waals surface area contributed by atoms with Gasteiger partial charge >= 0.3 is 0 Å². The third-order valence-corrected chi connectivity index (χ3v) is 1.70. The molecule has 1 aromatic rings. The zero-order valence-electron chi connectivity index (χ0n) is 7.17. The van der Waals surface area contributed by atoms with Crippen molar-refractivity contribution < 1.29 is 9.18 Å². The van der Waals surface area contributed by atoms with Gasteiger partial charge in [0.25, 0.3) is 5.91 Å². The molecule has 0 aromatic heterocycles. The normalized spacial score (nSPS) is 9.69. The fraction of sp³-hybridized carbons (Fsp3) is 0.111. The van der Waals surface area contributed by atoms with Gasteiger partial charge in [-0.3, -0.25) is 9.79 Å². The molecule has 1 amide bonds. The highest BCUT2D eigenvalue weighted by Gasteiger charge is 2.11. The highest BCUT2D eigenvalue weighted by molar-refractivity contribution is 5.99. The maximum Gasteiger partial charge on any atom is 0.251 e. The molecular formula is C9H9FN2O. The number of rotatable bonds is 2. The summed E-state index contributed by atoms with van der Waals surface area (Å²) in [6.07, 6.45) is 0. The number of aryl methyl sites for hydroxylation is 1. The maximum absolute atomic E-state index is 12.8. The summed E-state index contributed by atoms with van der Waals surface area (Å²) < 4.78 is 12.8. The molecule has 2 N–H and O–H groups in total. The molecule has 0 radical (unpaired) electrons. The second kappa shape index (κ2) is 3.35. The Balaban J connectivity index is 3.47. The van der Waals surface area contributed by atoms with Gasteiger partial charge in [0.15, 0.2) is 0 Å². The lowest BCUT2D eigenvalue weighted by Gasteiger charge is -2.04. The first-order chi connectivity index (χ1) is 6.06. The molecule has 0 aliphatic rings. The predicted octanol–water partition coefficient (Wildman–Crippen LogP) is 1.57. The standard InChI is InChI=1S/C9H9FN2O/c1-5-3-6(10)4-7(12-2)8(5)9(11)13/h3-4H,2H2,1H3,(H2,11,13). The number of carbonyl (C=O) groups excluding carboxylic acids is 1. The lowest BCUT2D eigenvalue weighted by molar-refractivity contribution is 0.100. The number of nitrogens with zero attached hydrogens (tertiary/aromatic N) is 1. The van der Waals surface area contributed by atoms with E-state index in [1.54, 1.807) is 6.92 Å². The van der Waals surface area contributed by atoms with Crippen LogP contribution in [0.25, 0.3) is 0 Å². The molecule has 0 aliphatic carbocycles. The Morgan fingerprint density at radius 2 is 2.23 bits per heavy atom. The van der Waals surface area contributed by atoms with Crippen LogP contribution in [0, 0.1) is 12.7 Å². The maximum atomic E-state index is 12.8. The molecule has 0 atom stereocenters. The molecular weight excluding hydrogens is 171 g/mol. The first-order valence-corrected chi connectivity index (χ1v) is 3.63. The van der Waals surface area contributed by atoms with Gasteiger partial charge in [0.1, 0.15) is 5.82 Å². The molecule has 0 fully saturated rings. The lowest BCUT2D eigenvalue weighted by atomic mass is 10.1. The van der Waals surface area contributed by atoms with Crippen LogP contribution < -0.4 is 5.73 Å². The van der Waals surface area contributed by atoms with Gasteiger partial charge in [-0.2, -0.15) is 0 Å². The molecule has 4 heteroatoms. The molecule has 1 rings (SSSR count). The second-order valence-corrected chi connectivity index (χ2v) is 2.64.